The molecule has 46 heavy (non-hydrogen) atoms. The summed E-state index contributed by atoms with van der Waals surface area (Å²) in [6.07, 6.45) is 26.4. The zero-order valence-corrected chi connectivity index (χ0v) is 30.6. The summed E-state index contributed by atoms with van der Waals surface area (Å²) in [5.74, 6) is 5.67. The van der Waals surface area contributed by atoms with Gasteiger partial charge in [-0.05, 0) is 122 Å². The molecule has 3 heteroatoms. The van der Waals surface area contributed by atoms with Crippen LogP contribution in [-0.4, -0.2) is 12.3 Å². The van der Waals surface area contributed by atoms with E-state index in [2.05, 4.69) is 59.8 Å². The number of unbranched alkanes of at least 4 members (excludes halogenated alkanes) is 6. The van der Waals surface area contributed by atoms with Crippen LogP contribution in [0.4, 0.5) is 4.79 Å². The highest BCUT2D eigenvalue weighted by Crippen LogP contribution is 2.67. The van der Waals surface area contributed by atoms with Crippen LogP contribution in [0.1, 0.15) is 163 Å². The molecule has 3 nitrogen and oxygen atoms in total. The summed E-state index contributed by atoms with van der Waals surface area (Å²) < 4.78 is 11.6. The van der Waals surface area contributed by atoms with Gasteiger partial charge in [-0.1, -0.05) is 123 Å². The van der Waals surface area contributed by atoms with Gasteiger partial charge in [0.15, 0.2) is 0 Å². The van der Waals surface area contributed by atoms with Crippen LogP contribution in [0, 0.1) is 46.3 Å². The predicted molar refractivity (Wildman–Crippen MR) is 192 cm³/mol. The molecular formula is C43H68O3. The molecule has 4 aliphatic rings. The molecule has 0 bridgehead atoms. The highest BCUT2D eigenvalue weighted by molar-refractivity contribution is 5.64. The molecule has 0 heterocycles. The molecule has 0 N–H and O–H groups in total. The molecular weight excluding hydrogens is 564 g/mol. The van der Waals surface area contributed by atoms with E-state index in [1.165, 1.54) is 102 Å². The van der Waals surface area contributed by atoms with Crippen molar-refractivity contribution in [2.75, 3.05) is 0 Å². The second-order valence-electron chi connectivity index (χ2n) is 17.1. The Labute approximate surface area is 283 Å². The Balaban J connectivity index is 1.09. The van der Waals surface area contributed by atoms with Crippen molar-refractivity contribution >= 4 is 6.16 Å². The molecule has 8 atom stereocenters. The first kappa shape index (κ1) is 35.5. The number of hydrogen-bond acceptors (Lipinski definition) is 3. The lowest BCUT2D eigenvalue weighted by Crippen LogP contribution is -2.51. The molecule has 5 rings (SSSR count). The predicted octanol–water partition coefficient (Wildman–Crippen LogP) is 12.9. The van der Waals surface area contributed by atoms with Gasteiger partial charge in [-0.3, -0.25) is 0 Å². The van der Waals surface area contributed by atoms with Crippen LogP contribution in [0.3, 0.4) is 0 Å². The van der Waals surface area contributed by atoms with Crippen molar-refractivity contribution in [2.45, 2.75) is 170 Å². The topological polar surface area (TPSA) is 35.5 Å². The maximum atomic E-state index is 12.8. The number of carbonyl (C=O) groups is 1. The van der Waals surface area contributed by atoms with Crippen LogP contribution < -0.4 is 4.74 Å². The molecule has 0 spiro atoms. The molecule has 1 aromatic carbocycles. The molecule has 0 aromatic heterocycles. The van der Waals surface area contributed by atoms with Crippen molar-refractivity contribution in [3.63, 3.8) is 0 Å². The number of fused-ring (bicyclic) bond motifs is 5. The fourth-order valence-corrected chi connectivity index (χ4v) is 11.0. The summed E-state index contributed by atoms with van der Waals surface area (Å²) in [5, 5.41) is 0. The summed E-state index contributed by atoms with van der Waals surface area (Å²) in [7, 11) is 0. The van der Waals surface area contributed by atoms with E-state index in [9.17, 15) is 4.79 Å². The summed E-state index contributed by atoms with van der Waals surface area (Å²) >= 11 is 0. The van der Waals surface area contributed by atoms with Gasteiger partial charge in [0.1, 0.15) is 11.9 Å². The van der Waals surface area contributed by atoms with Crippen molar-refractivity contribution in [3.05, 3.63) is 41.5 Å². The van der Waals surface area contributed by atoms with Crippen LogP contribution in [-0.2, 0) is 11.2 Å². The van der Waals surface area contributed by atoms with Crippen molar-refractivity contribution in [2.24, 2.45) is 46.3 Å². The van der Waals surface area contributed by atoms with E-state index in [-0.39, 0.29) is 11.5 Å². The highest BCUT2D eigenvalue weighted by atomic mass is 16.7. The quantitative estimate of drug-likeness (QED) is 0.0835. The number of allylic oxidation sites excluding steroid dienone is 1. The van der Waals surface area contributed by atoms with Crippen LogP contribution >= 0.6 is 0 Å². The zero-order chi connectivity index (χ0) is 32.7. The van der Waals surface area contributed by atoms with E-state index in [4.69, 9.17) is 9.47 Å². The van der Waals surface area contributed by atoms with Gasteiger partial charge in [0, 0.05) is 6.42 Å². The van der Waals surface area contributed by atoms with Gasteiger partial charge in [0.05, 0.1) is 0 Å². The molecule has 0 unspecified atom stereocenters. The van der Waals surface area contributed by atoms with Crippen molar-refractivity contribution in [1.29, 1.82) is 0 Å². The van der Waals surface area contributed by atoms with E-state index in [1.54, 1.807) is 5.57 Å². The Kier molecular flexibility index (Phi) is 12.4. The summed E-state index contributed by atoms with van der Waals surface area (Å²) in [5.41, 5.74) is 3.67. The number of rotatable bonds is 15. The van der Waals surface area contributed by atoms with Gasteiger partial charge < -0.3 is 9.47 Å². The Morgan fingerprint density at radius 2 is 1.59 bits per heavy atom. The maximum Gasteiger partial charge on any atom is 0.514 e. The molecule has 4 aliphatic carbocycles. The molecule has 3 saturated carbocycles. The van der Waals surface area contributed by atoms with Gasteiger partial charge in [-0.15, -0.1) is 0 Å². The number of carbonyl (C=O) groups excluding carboxylic acids is 1. The largest absolute Gasteiger partial charge is 0.514 e. The third-order valence-electron chi connectivity index (χ3n) is 13.7. The summed E-state index contributed by atoms with van der Waals surface area (Å²) in [4.78, 5) is 12.8. The second-order valence-corrected chi connectivity index (χ2v) is 17.1. The third-order valence-corrected chi connectivity index (χ3v) is 13.7. The number of hydrogen-bond donors (Lipinski definition) is 0. The van der Waals surface area contributed by atoms with Gasteiger partial charge >= 0.3 is 6.16 Å². The second kappa shape index (κ2) is 16.1. The normalized spacial score (nSPS) is 32.7. The highest BCUT2D eigenvalue weighted by Gasteiger charge is 2.59. The minimum Gasteiger partial charge on any atom is -0.430 e. The summed E-state index contributed by atoms with van der Waals surface area (Å²) in [6, 6.07) is 8.06. The van der Waals surface area contributed by atoms with Gasteiger partial charge in [0.25, 0.3) is 0 Å². The van der Waals surface area contributed by atoms with Crippen molar-refractivity contribution in [3.8, 4) is 5.75 Å². The summed E-state index contributed by atoms with van der Waals surface area (Å²) in [6.45, 7) is 14.8. The Bertz CT molecular complexity index is 1140. The lowest BCUT2D eigenvalue weighted by Gasteiger charge is -2.58. The van der Waals surface area contributed by atoms with Crippen LogP contribution in [0.25, 0.3) is 0 Å². The third kappa shape index (κ3) is 8.26. The maximum absolute atomic E-state index is 12.8. The number of ether oxygens (including phenoxy) is 2. The minimum atomic E-state index is -0.546. The van der Waals surface area contributed by atoms with Crippen LogP contribution in [0.5, 0.6) is 5.75 Å². The van der Waals surface area contributed by atoms with E-state index >= 15 is 0 Å². The fraction of sp³-hybridized carbons (Fsp3) is 0.791. The number of benzene rings is 1. The van der Waals surface area contributed by atoms with Crippen molar-refractivity contribution < 1.29 is 14.3 Å². The van der Waals surface area contributed by atoms with Crippen molar-refractivity contribution in [1.82, 2.24) is 0 Å². The average molecular weight is 633 g/mol. The SMILES string of the molecule is CCCCCCCCCc1ccc(OC(=O)O[C@@H]2CC[C@@]3(C)C(=CC[C@H]4[C@H]5CC[C@H]([C@H](C)CCCC(C)C)[C@@]5(C)CC[C@H]43)C2)cc1. The Morgan fingerprint density at radius 1 is 0.848 bits per heavy atom. The van der Waals surface area contributed by atoms with Gasteiger partial charge in [-0.25, -0.2) is 4.79 Å². The molecule has 258 valence electrons. The molecule has 0 saturated heterocycles. The lowest BCUT2D eigenvalue weighted by molar-refractivity contribution is -0.0597. The van der Waals surface area contributed by atoms with E-state index in [0.29, 0.717) is 11.2 Å². The first-order valence-electron chi connectivity index (χ1n) is 19.8. The molecule has 1 aromatic rings. The van der Waals surface area contributed by atoms with Gasteiger partial charge in [-0.2, -0.15) is 0 Å². The monoisotopic (exact) mass is 633 g/mol. The van der Waals surface area contributed by atoms with E-state index in [1.807, 2.05) is 12.1 Å². The van der Waals surface area contributed by atoms with Crippen LogP contribution in [0.2, 0.25) is 0 Å². The standard InChI is InChI=1S/C43H68O3/c1-7-8-9-10-11-12-13-17-33-18-21-35(22-19-33)45-41(44)46-36-26-28-42(5)34(30-36)20-23-37-39-25-24-38(32(4)16-14-15-31(2)3)43(39,6)29-27-40(37)42/h18-22,31-32,36-40H,7-17,23-30H2,1-6H3/t32-,36-,37+,38-,39-,40-,42+,43-/m1/s1. The zero-order valence-electron chi connectivity index (χ0n) is 30.6. The molecule has 0 radical (unpaired) electrons. The Hall–Kier alpha value is -1.77. The average Bonchev–Trinajstić information content (AvgIpc) is 3.38. The minimum absolute atomic E-state index is 0.0728. The first-order valence-corrected chi connectivity index (χ1v) is 19.8. The van der Waals surface area contributed by atoms with Crippen LogP contribution in [0.15, 0.2) is 35.9 Å². The lowest BCUT2D eigenvalue weighted by atomic mass is 9.47. The molecule has 3 fully saturated rings. The van der Waals surface area contributed by atoms with Gasteiger partial charge in [0.2, 0.25) is 0 Å². The van der Waals surface area contributed by atoms with E-state index < -0.39 is 6.16 Å². The molecule has 0 amide bonds. The van der Waals surface area contributed by atoms with E-state index in [0.717, 1.165) is 61.2 Å². The number of aryl methyl sites for hydroxylation is 1. The Morgan fingerprint density at radius 3 is 2.33 bits per heavy atom. The first-order chi connectivity index (χ1) is 22.1. The smallest absolute Gasteiger partial charge is 0.430 e. The molecule has 0 aliphatic heterocycles. The fourth-order valence-electron chi connectivity index (χ4n) is 11.0.